The molecule has 0 saturated carbocycles. The summed E-state index contributed by atoms with van der Waals surface area (Å²) in [5, 5.41) is 2.86. The number of amides is 1. The third-order valence-corrected chi connectivity index (χ3v) is 5.46. The lowest BCUT2D eigenvalue weighted by atomic mass is 10.1. The first-order chi connectivity index (χ1) is 15.6. The molecule has 0 fully saturated rings. The van der Waals surface area contributed by atoms with E-state index in [-0.39, 0.29) is 18.5 Å². The number of unbranched alkanes of at least 4 members (excludes halogenated alkanes) is 6. The molecule has 0 spiro atoms. The van der Waals surface area contributed by atoms with E-state index in [1.807, 2.05) is 24.3 Å². The van der Waals surface area contributed by atoms with Gasteiger partial charge in [0.2, 0.25) is 0 Å². The van der Waals surface area contributed by atoms with Gasteiger partial charge >= 0.3 is 6.09 Å². The van der Waals surface area contributed by atoms with Gasteiger partial charge in [-0.15, -0.1) is 12.4 Å². The van der Waals surface area contributed by atoms with Gasteiger partial charge in [-0.3, -0.25) is 5.32 Å². The van der Waals surface area contributed by atoms with Gasteiger partial charge < -0.3 is 19.1 Å². The molecule has 7 heteroatoms. The SMILES string of the molecule is CCCCCCCCOc1ccccc1NC(=O)OC(COCCCC)CN(CC)CC.Cl. The number of anilines is 1. The molecule has 0 aromatic heterocycles. The zero-order valence-electron chi connectivity index (χ0n) is 21.3. The van der Waals surface area contributed by atoms with Crippen LogP contribution in [0.25, 0.3) is 0 Å². The fourth-order valence-corrected chi connectivity index (χ4v) is 3.41. The number of para-hydroxylation sites is 2. The fourth-order valence-electron chi connectivity index (χ4n) is 3.41. The Labute approximate surface area is 208 Å². The van der Waals surface area contributed by atoms with Crippen molar-refractivity contribution in [2.24, 2.45) is 0 Å². The molecule has 1 atom stereocenters. The molecule has 1 rings (SSSR count). The second-order valence-electron chi connectivity index (χ2n) is 8.18. The molecule has 0 aliphatic carbocycles. The van der Waals surface area contributed by atoms with Crippen LogP contribution < -0.4 is 10.1 Å². The fraction of sp³-hybridized carbons (Fsp3) is 0.731. The largest absolute Gasteiger partial charge is 0.491 e. The Bertz CT molecular complexity index is 599. The van der Waals surface area contributed by atoms with Gasteiger partial charge in [-0.25, -0.2) is 4.79 Å². The van der Waals surface area contributed by atoms with E-state index in [0.29, 0.717) is 37.8 Å². The maximum Gasteiger partial charge on any atom is 0.412 e. The van der Waals surface area contributed by atoms with Crippen LogP contribution in [0.2, 0.25) is 0 Å². The standard InChI is InChI=1S/C26H46N2O4.ClH/c1-5-9-11-12-13-16-20-31-25-18-15-14-17-24(25)27-26(29)32-23(21-28(7-3)8-4)22-30-19-10-6-2;/h14-15,17-18,23H,5-13,16,19-22H2,1-4H3,(H,27,29);1H. The van der Waals surface area contributed by atoms with Crippen molar-refractivity contribution in [3.8, 4) is 5.75 Å². The summed E-state index contributed by atoms with van der Waals surface area (Å²) in [6.07, 6.45) is 8.58. The number of carbonyl (C=O) groups is 1. The van der Waals surface area contributed by atoms with E-state index in [2.05, 4.69) is 37.9 Å². The molecule has 0 heterocycles. The van der Waals surface area contributed by atoms with E-state index in [0.717, 1.165) is 32.4 Å². The van der Waals surface area contributed by atoms with Crippen LogP contribution in [-0.2, 0) is 9.47 Å². The summed E-state index contributed by atoms with van der Waals surface area (Å²) in [4.78, 5) is 14.9. The number of halogens is 1. The molecule has 0 bridgehead atoms. The number of benzene rings is 1. The monoisotopic (exact) mass is 486 g/mol. The summed E-state index contributed by atoms with van der Waals surface area (Å²) in [5.74, 6) is 0.678. The number of nitrogens with zero attached hydrogens (tertiary/aromatic N) is 1. The first-order valence-corrected chi connectivity index (χ1v) is 12.6. The second-order valence-corrected chi connectivity index (χ2v) is 8.18. The average Bonchev–Trinajstić information content (AvgIpc) is 2.80. The van der Waals surface area contributed by atoms with Gasteiger partial charge in [-0.1, -0.05) is 78.4 Å². The zero-order chi connectivity index (χ0) is 23.4. The highest BCUT2D eigenvalue weighted by Crippen LogP contribution is 2.24. The van der Waals surface area contributed by atoms with Gasteiger partial charge in [0, 0.05) is 13.2 Å². The quantitative estimate of drug-likeness (QED) is 0.215. The molecule has 1 unspecified atom stereocenters. The Morgan fingerprint density at radius 3 is 2.27 bits per heavy atom. The van der Waals surface area contributed by atoms with Gasteiger partial charge in [0.25, 0.3) is 0 Å². The number of ether oxygens (including phenoxy) is 3. The van der Waals surface area contributed by atoms with E-state index in [9.17, 15) is 4.79 Å². The molecule has 0 saturated heterocycles. The number of nitrogens with one attached hydrogen (secondary N) is 1. The van der Waals surface area contributed by atoms with E-state index < -0.39 is 6.09 Å². The number of likely N-dealkylation sites (N-methyl/N-ethyl adjacent to an activating group) is 1. The minimum absolute atomic E-state index is 0. The van der Waals surface area contributed by atoms with Gasteiger partial charge in [0.05, 0.1) is 18.9 Å². The van der Waals surface area contributed by atoms with Crippen molar-refractivity contribution in [1.29, 1.82) is 0 Å². The van der Waals surface area contributed by atoms with Crippen LogP contribution in [0.15, 0.2) is 24.3 Å². The number of hydrogen-bond acceptors (Lipinski definition) is 5. The lowest BCUT2D eigenvalue weighted by molar-refractivity contribution is 0.00804. The molecule has 0 aliphatic heterocycles. The molecule has 6 nitrogen and oxygen atoms in total. The maximum absolute atomic E-state index is 12.6. The minimum Gasteiger partial charge on any atom is -0.491 e. The van der Waals surface area contributed by atoms with Gasteiger partial charge in [0.1, 0.15) is 11.9 Å². The molecule has 0 aliphatic rings. The van der Waals surface area contributed by atoms with E-state index in [1.165, 1.54) is 32.1 Å². The third-order valence-electron chi connectivity index (χ3n) is 5.46. The Hall–Kier alpha value is -1.50. The maximum atomic E-state index is 12.6. The Morgan fingerprint density at radius 1 is 0.909 bits per heavy atom. The summed E-state index contributed by atoms with van der Waals surface area (Å²) in [7, 11) is 0. The number of rotatable bonds is 19. The van der Waals surface area contributed by atoms with Gasteiger partial charge in [-0.2, -0.15) is 0 Å². The van der Waals surface area contributed by atoms with Crippen LogP contribution in [0.3, 0.4) is 0 Å². The number of carbonyl (C=O) groups excluding carboxylic acids is 1. The topological polar surface area (TPSA) is 60.0 Å². The van der Waals surface area contributed by atoms with Crippen LogP contribution in [0, 0.1) is 0 Å². The summed E-state index contributed by atoms with van der Waals surface area (Å²) in [6.45, 7) is 12.8. The number of hydrogen-bond donors (Lipinski definition) is 1. The molecule has 0 radical (unpaired) electrons. The summed E-state index contributed by atoms with van der Waals surface area (Å²) in [5.41, 5.74) is 0.636. The molecular weight excluding hydrogens is 440 g/mol. The Balaban J connectivity index is 0.0000102. The van der Waals surface area contributed by atoms with Crippen molar-refractivity contribution in [3.05, 3.63) is 24.3 Å². The van der Waals surface area contributed by atoms with Crippen molar-refractivity contribution in [1.82, 2.24) is 4.90 Å². The summed E-state index contributed by atoms with van der Waals surface area (Å²) < 4.78 is 17.4. The first kappa shape index (κ1) is 31.5. The van der Waals surface area contributed by atoms with Crippen LogP contribution in [0.5, 0.6) is 5.75 Å². The molecule has 1 amide bonds. The molecule has 1 N–H and O–H groups in total. The predicted octanol–water partition coefficient (Wildman–Crippen LogP) is 6.92. The molecule has 33 heavy (non-hydrogen) atoms. The van der Waals surface area contributed by atoms with Crippen LogP contribution in [-0.4, -0.2) is 56.6 Å². The van der Waals surface area contributed by atoms with Crippen LogP contribution in [0.4, 0.5) is 10.5 Å². The second kappa shape index (κ2) is 21.1. The predicted molar refractivity (Wildman–Crippen MR) is 140 cm³/mol. The smallest absolute Gasteiger partial charge is 0.412 e. The first-order valence-electron chi connectivity index (χ1n) is 12.6. The van der Waals surface area contributed by atoms with Gasteiger partial charge in [-0.05, 0) is 38.1 Å². The third kappa shape index (κ3) is 15.1. The highest BCUT2D eigenvalue weighted by atomic mass is 35.5. The van der Waals surface area contributed by atoms with Crippen molar-refractivity contribution >= 4 is 24.2 Å². The van der Waals surface area contributed by atoms with Gasteiger partial charge in [0.15, 0.2) is 0 Å². The normalized spacial score (nSPS) is 11.7. The van der Waals surface area contributed by atoms with Crippen molar-refractivity contribution in [2.75, 3.05) is 44.8 Å². The lowest BCUT2D eigenvalue weighted by Crippen LogP contribution is -2.38. The highest BCUT2D eigenvalue weighted by molar-refractivity contribution is 5.86. The molecule has 1 aromatic rings. The molecule has 192 valence electrons. The summed E-state index contributed by atoms with van der Waals surface area (Å²) in [6, 6.07) is 7.52. The van der Waals surface area contributed by atoms with Crippen LogP contribution >= 0.6 is 12.4 Å². The van der Waals surface area contributed by atoms with E-state index in [4.69, 9.17) is 14.2 Å². The Kier molecular flexibility index (Phi) is 20.1. The lowest BCUT2D eigenvalue weighted by Gasteiger charge is -2.25. The van der Waals surface area contributed by atoms with Crippen LogP contribution in [0.1, 0.15) is 79.1 Å². The van der Waals surface area contributed by atoms with E-state index >= 15 is 0 Å². The average molecular weight is 487 g/mol. The summed E-state index contributed by atoms with van der Waals surface area (Å²) >= 11 is 0. The van der Waals surface area contributed by atoms with Crippen molar-refractivity contribution < 1.29 is 19.0 Å². The molecular formula is C26H47ClN2O4. The molecule has 1 aromatic carbocycles. The minimum atomic E-state index is -0.475. The van der Waals surface area contributed by atoms with Crippen molar-refractivity contribution in [3.63, 3.8) is 0 Å². The Morgan fingerprint density at radius 2 is 1.58 bits per heavy atom. The van der Waals surface area contributed by atoms with Crippen molar-refractivity contribution in [2.45, 2.75) is 85.2 Å². The van der Waals surface area contributed by atoms with E-state index in [1.54, 1.807) is 0 Å². The zero-order valence-corrected chi connectivity index (χ0v) is 22.1. The highest BCUT2D eigenvalue weighted by Gasteiger charge is 2.19.